The van der Waals surface area contributed by atoms with Crippen LogP contribution in [-0.4, -0.2) is 116 Å². The molecule has 2 heterocycles. The number of hydrogen-bond donors (Lipinski definition) is 7. The third-order valence-corrected chi connectivity index (χ3v) is 5.69. The molecule has 0 bridgehead atoms. The average molecular weight is 468 g/mol. The number of aliphatic hydroxyl groups is 7. The van der Waals surface area contributed by atoms with Crippen LogP contribution in [0.1, 0.15) is 45.4 Å². The molecule has 32 heavy (non-hydrogen) atoms. The van der Waals surface area contributed by atoms with Gasteiger partial charge in [0.15, 0.2) is 12.4 Å². The first-order valence-corrected chi connectivity index (χ1v) is 11.0. The normalized spacial score (nSPS) is 40.2. The summed E-state index contributed by atoms with van der Waals surface area (Å²) in [6.45, 7) is 0.692. The van der Waals surface area contributed by atoms with Crippen LogP contribution in [0.4, 0.5) is 0 Å². The van der Waals surface area contributed by atoms with E-state index in [2.05, 4.69) is 6.92 Å². The number of aliphatic hydroxyl groups excluding tert-OH is 7. The summed E-state index contributed by atoms with van der Waals surface area (Å²) in [5, 5.41) is 69.4. The zero-order valence-electron chi connectivity index (χ0n) is 18.1. The lowest BCUT2D eigenvalue weighted by Crippen LogP contribution is -2.64. The van der Waals surface area contributed by atoms with E-state index < -0.39 is 80.6 Å². The summed E-state index contributed by atoms with van der Waals surface area (Å²) in [5.41, 5.74) is 0. The molecule has 0 aromatic heterocycles. The summed E-state index contributed by atoms with van der Waals surface area (Å²) in [6.07, 6.45) is -11.1. The third-order valence-electron chi connectivity index (χ3n) is 5.69. The molecule has 2 rings (SSSR count). The highest BCUT2D eigenvalue weighted by Gasteiger charge is 2.51. The number of rotatable bonds is 11. The molecule has 0 radical (unpaired) electrons. The van der Waals surface area contributed by atoms with Gasteiger partial charge in [0.05, 0.1) is 13.2 Å². The van der Waals surface area contributed by atoms with E-state index in [0.29, 0.717) is 6.42 Å². The highest BCUT2D eigenvalue weighted by atomic mass is 16.8. The molecule has 2 aliphatic rings. The van der Waals surface area contributed by atoms with Gasteiger partial charge in [0.25, 0.3) is 0 Å². The summed E-state index contributed by atoms with van der Waals surface area (Å²) >= 11 is 0. The molecule has 0 saturated carbocycles. The van der Waals surface area contributed by atoms with Crippen molar-refractivity contribution in [1.29, 1.82) is 0 Å². The fourth-order valence-electron chi connectivity index (χ4n) is 3.69. The topological polar surface area (TPSA) is 196 Å². The van der Waals surface area contributed by atoms with Crippen molar-refractivity contribution in [2.45, 2.75) is 107 Å². The van der Waals surface area contributed by atoms with E-state index >= 15 is 0 Å². The molecular weight excluding hydrogens is 432 g/mol. The Labute approximate surface area is 186 Å². The summed E-state index contributed by atoms with van der Waals surface area (Å²) < 4.78 is 21.4. The zero-order chi connectivity index (χ0) is 23.8. The number of unbranched alkanes of at least 4 members (excludes halogenated alkanes) is 4. The third kappa shape index (κ3) is 6.79. The zero-order valence-corrected chi connectivity index (χ0v) is 18.1. The summed E-state index contributed by atoms with van der Waals surface area (Å²) in [6, 6.07) is 0. The second kappa shape index (κ2) is 13.1. The van der Waals surface area contributed by atoms with E-state index in [9.17, 15) is 40.5 Å². The molecule has 10 atom stereocenters. The fourth-order valence-corrected chi connectivity index (χ4v) is 3.69. The lowest BCUT2D eigenvalue weighted by atomic mass is 9.98. The van der Waals surface area contributed by atoms with Crippen LogP contribution in [0.3, 0.4) is 0 Å². The first-order valence-electron chi connectivity index (χ1n) is 11.0. The van der Waals surface area contributed by atoms with Crippen LogP contribution in [0, 0.1) is 0 Å². The van der Waals surface area contributed by atoms with Gasteiger partial charge in [0, 0.05) is 6.42 Å². The molecule has 0 amide bonds. The molecule has 12 nitrogen and oxygen atoms in total. The maximum absolute atomic E-state index is 12.3. The largest absolute Gasteiger partial charge is 0.454 e. The van der Waals surface area contributed by atoms with Gasteiger partial charge in [-0.05, 0) is 6.42 Å². The van der Waals surface area contributed by atoms with Gasteiger partial charge >= 0.3 is 5.97 Å². The monoisotopic (exact) mass is 468 g/mol. The minimum atomic E-state index is -1.76. The summed E-state index contributed by atoms with van der Waals surface area (Å²) in [7, 11) is 0. The Morgan fingerprint density at radius 1 is 0.750 bits per heavy atom. The van der Waals surface area contributed by atoms with Crippen molar-refractivity contribution >= 4 is 5.97 Å². The molecule has 7 N–H and O–H groups in total. The van der Waals surface area contributed by atoms with Gasteiger partial charge in [0.1, 0.15) is 42.7 Å². The molecule has 0 unspecified atom stereocenters. The first kappa shape index (κ1) is 27.3. The maximum Gasteiger partial charge on any atom is 0.306 e. The van der Waals surface area contributed by atoms with Crippen LogP contribution in [-0.2, 0) is 23.7 Å². The molecule has 188 valence electrons. The minimum absolute atomic E-state index is 0.0687. The number of esters is 1. The van der Waals surface area contributed by atoms with Crippen molar-refractivity contribution in [3.05, 3.63) is 0 Å². The van der Waals surface area contributed by atoms with Crippen LogP contribution in [0.2, 0.25) is 0 Å². The molecule has 0 aromatic carbocycles. The van der Waals surface area contributed by atoms with Crippen LogP contribution in [0.5, 0.6) is 0 Å². The second-order valence-corrected chi connectivity index (χ2v) is 8.16. The van der Waals surface area contributed by atoms with E-state index in [1.54, 1.807) is 0 Å². The Bertz CT molecular complexity index is 561. The number of hydrogen-bond acceptors (Lipinski definition) is 12. The SMILES string of the molecule is CCCCCCCC(=O)O[C@H]1[C@@H](O[C@H]2O[C@H](CO)[C@@H](O)[C@H](O)[C@H]2O)O[C@H](CO)[C@@H](O)[C@@H]1O. The number of ether oxygens (including phenoxy) is 4. The average Bonchev–Trinajstić information content (AvgIpc) is 2.78. The van der Waals surface area contributed by atoms with Gasteiger partial charge in [-0.1, -0.05) is 32.6 Å². The van der Waals surface area contributed by atoms with Gasteiger partial charge in [-0.2, -0.15) is 0 Å². The second-order valence-electron chi connectivity index (χ2n) is 8.16. The molecule has 0 aliphatic carbocycles. The predicted octanol–water partition coefficient (Wildman–Crippen LogP) is -2.49. The van der Waals surface area contributed by atoms with Crippen LogP contribution >= 0.6 is 0 Å². The molecular formula is C20H36O12. The van der Waals surface area contributed by atoms with E-state index in [4.69, 9.17) is 18.9 Å². The van der Waals surface area contributed by atoms with Gasteiger partial charge in [-0.3, -0.25) is 4.79 Å². The number of carbonyl (C=O) groups excluding carboxylic acids is 1. The van der Waals surface area contributed by atoms with Crippen molar-refractivity contribution in [1.82, 2.24) is 0 Å². The Hall–Kier alpha value is -0.930. The summed E-state index contributed by atoms with van der Waals surface area (Å²) in [5.74, 6) is -0.661. The molecule has 2 aliphatic heterocycles. The lowest BCUT2D eigenvalue weighted by molar-refractivity contribution is -0.376. The van der Waals surface area contributed by atoms with E-state index in [1.165, 1.54) is 0 Å². The van der Waals surface area contributed by atoms with Gasteiger partial charge in [0.2, 0.25) is 6.29 Å². The van der Waals surface area contributed by atoms with Crippen LogP contribution in [0.15, 0.2) is 0 Å². The Balaban J connectivity index is 2.07. The van der Waals surface area contributed by atoms with E-state index in [0.717, 1.165) is 25.7 Å². The predicted molar refractivity (Wildman–Crippen MR) is 106 cm³/mol. The highest BCUT2D eigenvalue weighted by Crippen LogP contribution is 2.29. The number of carbonyl (C=O) groups is 1. The van der Waals surface area contributed by atoms with Crippen molar-refractivity contribution in [3.63, 3.8) is 0 Å². The van der Waals surface area contributed by atoms with Gasteiger partial charge in [-0.15, -0.1) is 0 Å². The molecule has 2 fully saturated rings. The van der Waals surface area contributed by atoms with Crippen molar-refractivity contribution < 1.29 is 59.5 Å². The standard InChI is InChI=1S/C20H36O12/c1-2-3-4-5-6-7-12(23)31-18-16(27)14(25)11(9-22)30-20(18)32-19-17(28)15(26)13(24)10(8-21)29-19/h10-11,13-22,24-28H,2-9H2,1H3/t10-,11-,13-,14-,15+,16+,17-,18-,19-,20-/m1/s1. The van der Waals surface area contributed by atoms with Crippen molar-refractivity contribution in [2.24, 2.45) is 0 Å². The van der Waals surface area contributed by atoms with E-state index in [1.807, 2.05) is 0 Å². The van der Waals surface area contributed by atoms with Gasteiger partial charge < -0.3 is 54.7 Å². The molecule has 0 spiro atoms. The Kier molecular flexibility index (Phi) is 11.2. The maximum atomic E-state index is 12.3. The molecule has 2 saturated heterocycles. The molecule has 0 aromatic rings. The van der Waals surface area contributed by atoms with Crippen LogP contribution < -0.4 is 0 Å². The van der Waals surface area contributed by atoms with Crippen LogP contribution in [0.25, 0.3) is 0 Å². The fraction of sp³-hybridized carbons (Fsp3) is 0.950. The lowest BCUT2D eigenvalue weighted by Gasteiger charge is -2.45. The van der Waals surface area contributed by atoms with Gasteiger partial charge in [-0.25, -0.2) is 0 Å². The quantitative estimate of drug-likeness (QED) is 0.125. The van der Waals surface area contributed by atoms with Crippen molar-refractivity contribution in [3.8, 4) is 0 Å². The first-order chi connectivity index (χ1) is 15.2. The summed E-state index contributed by atoms with van der Waals surface area (Å²) in [4.78, 5) is 12.3. The van der Waals surface area contributed by atoms with Crippen molar-refractivity contribution in [2.75, 3.05) is 13.2 Å². The minimum Gasteiger partial charge on any atom is -0.454 e. The molecule has 12 heteroatoms. The van der Waals surface area contributed by atoms with E-state index in [-0.39, 0.29) is 6.42 Å². The Morgan fingerprint density at radius 3 is 1.91 bits per heavy atom. The smallest absolute Gasteiger partial charge is 0.306 e. The Morgan fingerprint density at radius 2 is 1.31 bits per heavy atom. The highest BCUT2D eigenvalue weighted by molar-refractivity contribution is 5.69.